The van der Waals surface area contributed by atoms with Gasteiger partial charge in [-0.3, -0.25) is 0 Å². The molecule has 0 bridgehead atoms. The van der Waals surface area contributed by atoms with Gasteiger partial charge in [0, 0.05) is 6.08 Å². The molecule has 0 N–H and O–H groups in total. The molecule has 3 heteroatoms. The number of esters is 1. The molecule has 1 fully saturated rings. The van der Waals surface area contributed by atoms with E-state index in [4.69, 9.17) is 4.74 Å². The number of epoxide rings is 1. The van der Waals surface area contributed by atoms with Crippen LogP contribution in [0.3, 0.4) is 0 Å². The van der Waals surface area contributed by atoms with E-state index in [0.717, 1.165) is 37.7 Å². The predicted octanol–water partition coefficient (Wildman–Crippen LogP) is 4.57. The average molecular weight is 294 g/mol. The van der Waals surface area contributed by atoms with E-state index >= 15 is 0 Å². The Morgan fingerprint density at radius 2 is 2.00 bits per heavy atom. The number of rotatable bonds is 9. The summed E-state index contributed by atoms with van der Waals surface area (Å²) in [7, 11) is 1.41. The van der Waals surface area contributed by atoms with E-state index in [1.807, 2.05) is 6.92 Å². The van der Waals surface area contributed by atoms with Crippen molar-refractivity contribution in [2.75, 3.05) is 7.11 Å². The minimum absolute atomic E-state index is 0.117. The lowest BCUT2D eigenvalue weighted by atomic mass is 10.00. The van der Waals surface area contributed by atoms with Crippen LogP contribution in [0.5, 0.6) is 0 Å². The van der Waals surface area contributed by atoms with Gasteiger partial charge in [-0.05, 0) is 59.3 Å². The summed E-state index contributed by atoms with van der Waals surface area (Å²) in [5.41, 5.74) is 2.70. The topological polar surface area (TPSA) is 38.8 Å². The van der Waals surface area contributed by atoms with E-state index in [1.165, 1.54) is 19.1 Å². The summed E-state index contributed by atoms with van der Waals surface area (Å²) in [6.45, 7) is 8.50. The summed E-state index contributed by atoms with van der Waals surface area (Å²) in [6, 6.07) is 0. The van der Waals surface area contributed by atoms with Gasteiger partial charge in [-0.1, -0.05) is 24.1 Å². The smallest absolute Gasteiger partial charge is 0.330 e. The van der Waals surface area contributed by atoms with Gasteiger partial charge in [0.2, 0.25) is 0 Å². The molecular weight excluding hydrogens is 264 g/mol. The van der Waals surface area contributed by atoms with E-state index < -0.39 is 0 Å². The van der Waals surface area contributed by atoms with Crippen molar-refractivity contribution >= 4 is 5.97 Å². The maximum Gasteiger partial charge on any atom is 0.330 e. The minimum atomic E-state index is -0.265. The molecule has 0 saturated carbocycles. The number of allylic oxidation sites excluding steroid dienone is 3. The SMILES string of the molecule is CC/C(=C\CC/C(C)=C/C(=O)OC)CCCC1OC1(C)C. The van der Waals surface area contributed by atoms with Crippen molar-refractivity contribution in [2.45, 2.75) is 77.9 Å². The molecule has 1 saturated heterocycles. The van der Waals surface area contributed by atoms with Gasteiger partial charge >= 0.3 is 5.97 Å². The third-order valence-corrected chi connectivity index (χ3v) is 4.12. The highest BCUT2D eigenvalue weighted by Gasteiger charge is 2.46. The van der Waals surface area contributed by atoms with Crippen LogP contribution in [0.4, 0.5) is 0 Å². The Kier molecular flexibility index (Phi) is 7.16. The molecule has 1 rings (SSSR count). The highest BCUT2D eigenvalue weighted by atomic mass is 16.6. The number of ether oxygens (including phenoxy) is 2. The molecule has 0 aliphatic carbocycles. The van der Waals surface area contributed by atoms with Gasteiger partial charge in [0.25, 0.3) is 0 Å². The van der Waals surface area contributed by atoms with Crippen LogP contribution >= 0.6 is 0 Å². The zero-order chi connectivity index (χ0) is 15.9. The van der Waals surface area contributed by atoms with E-state index in [1.54, 1.807) is 6.08 Å². The minimum Gasteiger partial charge on any atom is -0.466 e. The van der Waals surface area contributed by atoms with E-state index in [9.17, 15) is 4.79 Å². The van der Waals surface area contributed by atoms with Gasteiger partial charge in [0.1, 0.15) is 0 Å². The third-order valence-electron chi connectivity index (χ3n) is 4.12. The van der Waals surface area contributed by atoms with E-state index in [-0.39, 0.29) is 11.6 Å². The van der Waals surface area contributed by atoms with Crippen LogP contribution in [0.15, 0.2) is 23.3 Å². The van der Waals surface area contributed by atoms with Gasteiger partial charge < -0.3 is 9.47 Å². The molecule has 0 spiro atoms. The fraction of sp³-hybridized carbons (Fsp3) is 0.722. The molecule has 0 aromatic carbocycles. The van der Waals surface area contributed by atoms with Crippen molar-refractivity contribution in [3.8, 4) is 0 Å². The van der Waals surface area contributed by atoms with Crippen LogP contribution in [-0.4, -0.2) is 24.8 Å². The number of methoxy groups -OCH3 is 1. The summed E-state index contributed by atoms with van der Waals surface area (Å²) in [4.78, 5) is 11.1. The lowest BCUT2D eigenvalue weighted by molar-refractivity contribution is -0.134. The number of carbonyl (C=O) groups is 1. The first-order valence-corrected chi connectivity index (χ1v) is 8.00. The van der Waals surface area contributed by atoms with Crippen LogP contribution in [0, 0.1) is 0 Å². The third kappa shape index (κ3) is 6.94. The molecule has 1 atom stereocenters. The van der Waals surface area contributed by atoms with Crippen molar-refractivity contribution in [1.82, 2.24) is 0 Å². The molecule has 3 nitrogen and oxygen atoms in total. The van der Waals surface area contributed by atoms with Crippen LogP contribution < -0.4 is 0 Å². The fourth-order valence-electron chi connectivity index (χ4n) is 2.51. The Labute approximate surface area is 129 Å². The van der Waals surface area contributed by atoms with Gasteiger partial charge in [0.05, 0.1) is 18.8 Å². The summed E-state index contributed by atoms with van der Waals surface area (Å²) in [6.07, 6.45) is 10.9. The highest BCUT2D eigenvalue weighted by molar-refractivity contribution is 5.82. The summed E-state index contributed by atoms with van der Waals surface area (Å²) in [5.74, 6) is -0.265. The first-order chi connectivity index (χ1) is 9.89. The normalized spacial score (nSPS) is 21.3. The van der Waals surface area contributed by atoms with Gasteiger partial charge in [0.15, 0.2) is 0 Å². The van der Waals surface area contributed by atoms with E-state index in [0.29, 0.717) is 6.10 Å². The number of carbonyl (C=O) groups excluding carboxylic acids is 1. The van der Waals surface area contributed by atoms with Crippen LogP contribution in [0.1, 0.15) is 66.2 Å². The molecule has 21 heavy (non-hydrogen) atoms. The van der Waals surface area contributed by atoms with Crippen LogP contribution in [-0.2, 0) is 14.3 Å². The Morgan fingerprint density at radius 1 is 1.33 bits per heavy atom. The van der Waals surface area contributed by atoms with Crippen molar-refractivity contribution in [2.24, 2.45) is 0 Å². The standard InChI is InChI=1S/C18H30O3/c1-6-15(11-8-12-16-18(3,4)21-16)10-7-9-14(2)13-17(19)20-5/h10,13,16H,6-9,11-12H2,1-5H3/b14-13+,15-10+. The maximum absolute atomic E-state index is 11.1. The lowest BCUT2D eigenvalue weighted by Gasteiger charge is -2.05. The maximum atomic E-state index is 11.1. The summed E-state index contributed by atoms with van der Waals surface area (Å²) < 4.78 is 10.2. The van der Waals surface area contributed by atoms with Crippen LogP contribution in [0.2, 0.25) is 0 Å². The summed E-state index contributed by atoms with van der Waals surface area (Å²) in [5, 5.41) is 0. The van der Waals surface area contributed by atoms with Crippen molar-refractivity contribution < 1.29 is 14.3 Å². The molecule has 0 amide bonds. The number of hydrogen-bond donors (Lipinski definition) is 0. The first kappa shape index (κ1) is 18.0. The molecule has 0 aromatic rings. The van der Waals surface area contributed by atoms with Crippen molar-refractivity contribution in [3.05, 3.63) is 23.3 Å². The van der Waals surface area contributed by atoms with Crippen molar-refractivity contribution in [1.29, 1.82) is 0 Å². The average Bonchev–Trinajstić information content (AvgIpc) is 3.04. The highest BCUT2D eigenvalue weighted by Crippen LogP contribution is 2.38. The fourth-order valence-corrected chi connectivity index (χ4v) is 2.51. The van der Waals surface area contributed by atoms with Crippen molar-refractivity contribution in [3.63, 3.8) is 0 Å². The molecule has 1 unspecified atom stereocenters. The second kappa shape index (κ2) is 8.38. The molecule has 120 valence electrons. The molecular formula is C18H30O3. The second-order valence-electron chi connectivity index (χ2n) is 6.37. The first-order valence-electron chi connectivity index (χ1n) is 8.00. The van der Waals surface area contributed by atoms with Gasteiger partial charge in [-0.15, -0.1) is 0 Å². The lowest BCUT2D eigenvalue weighted by Crippen LogP contribution is -2.02. The Bertz CT molecular complexity index is 405. The van der Waals surface area contributed by atoms with Crippen LogP contribution in [0.25, 0.3) is 0 Å². The Morgan fingerprint density at radius 3 is 2.52 bits per heavy atom. The Hall–Kier alpha value is -1.09. The monoisotopic (exact) mass is 294 g/mol. The van der Waals surface area contributed by atoms with Gasteiger partial charge in [-0.25, -0.2) is 4.79 Å². The quantitative estimate of drug-likeness (QED) is 0.270. The molecule has 0 aromatic heterocycles. The number of hydrogen-bond acceptors (Lipinski definition) is 3. The van der Waals surface area contributed by atoms with E-state index in [2.05, 4.69) is 31.6 Å². The molecule has 1 aliphatic rings. The molecule has 1 heterocycles. The van der Waals surface area contributed by atoms with Gasteiger partial charge in [-0.2, -0.15) is 0 Å². The second-order valence-corrected chi connectivity index (χ2v) is 6.37. The Balaban J connectivity index is 2.25. The largest absolute Gasteiger partial charge is 0.466 e. The predicted molar refractivity (Wildman–Crippen MR) is 86.2 cm³/mol. The zero-order valence-electron chi connectivity index (χ0n) is 14.2. The summed E-state index contributed by atoms with van der Waals surface area (Å²) >= 11 is 0. The molecule has 0 radical (unpaired) electrons. The zero-order valence-corrected chi connectivity index (χ0v) is 14.2. The molecule has 1 aliphatic heterocycles.